The number of halogens is 1. The van der Waals surface area contributed by atoms with E-state index in [2.05, 4.69) is 31.3 Å². The fourth-order valence-corrected chi connectivity index (χ4v) is 3.71. The van der Waals surface area contributed by atoms with E-state index in [1.54, 1.807) is 23.1 Å². The minimum Gasteiger partial charge on any atom is -0.459 e. The lowest BCUT2D eigenvalue weighted by atomic mass is 10.2. The minimum absolute atomic E-state index is 0.220. The second-order valence-electron chi connectivity index (χ2n) is 6.52. The molecular formula is C19H18BrN5O3. The average molecular weight is 444 g/mol. The van der Waals surface area contributed by atoms with Gasteiger partial charge in [-0.05, 0) is 42.7 Å². The van der Waals surface area contributed by atoms with E-state index in [-0.39, 0.29) is 23.5 Å². The highest BCUT2D eigenvalue weighted by Gasteiger charge is 2.35. The van der Waals surface area contributed by atoms with Gasteiger partial charge in [0.25, 0.3) is 5.91 Å². The zero-order valence-electron chi connectivity index (χ0n) is 14.9. The number of hydrogen-bond acceptors (Lipinski definition) is 5. The maximum Gasteiger partial charge on any atom is 0.290 e. The molecule has 0 spiro atoms. The first-order chi connectivity index (χ1) is 13.6. The van der Waals surface area contributed by atoms with Crippen LogP contribution in [0.2, 0.25) is 0 Å². The molecule has 144 valence electrons. The summed E-state index contributed by atoms with van der Waals surface area (Å²) in [6.45, 7) is 1.05. The highest BCUT2D eigenvalue weighted by atomic mass is 79.9. The molecule has 1 atom stereocenters. The Hall–Kier alpha value is -2.94. The topological polar surface area (TPSA) is 93.3 Å². The molecule has 2 amide bonds. The van der Waals surface area contributed by atoms with Crippen LogP contribution < -0.4 is 5.32 Å². The van der Waals surface area contributed by atoms with Gasteiger partial charge < -0.3 is 9.32 Å². The third kappa shape index (κ3) is 3.99. The van der Waals surface area contributed by atoms with E-state index in [1.807, 2.05) is 24.3 Å². The van der Waals surface area contributed by atoms with Crippen molar-refractivity contribution in [2.45, 2.75) is 25.4 Å². The summed E-state index contributed by atoms with van der Waals surface area (Å²) in [7, 11) is 0. The Bertz CT molecular complexity index is 985. The summed E-state index contributed by atoms with van der Waals surface area (Å²) in [5.41, 5.74) is 1.06. The lowest BCUT2D eigenvalue weighted by molar-refractivity contribution is -0.119. The maximum atomic E-state index is 12.7. The second kappa shape index (κ2) is 7.97. The van der Waals surface area contributed by atoms with Gasteiger partial charge >= 0.3 is 0 Å². The van der Waals surface area contributed by atoms with Crippen LogP contribution in [0.4, 0.5) is 5.95 Å². The van der Waals surface area contributed by atoms with Gasteiger partial charge in [0.15, 0.2) is 5.76 Å². The highest BCUT2D eigenvalue weighted by Crippen LogP contribution is 2.21. The standard InChI is InChI=1S/C19H18BrN5O3/c20-14-5-1-4-13(10-14)11-24-12-21-19(23-24)22-17(26)15-6-2-8-25(15)18(27)16-7-3-9-28-16/h1,3-5,7,9-10,12,15H,2,6,8,11H2,(H,22,23,26). The predicted octanol–water partition coefficient (Wildman–Crippen LogP) is 2.93. The Balaban J connectivity index is 1.41. The van der Waals surface area contributed by atoms with Gasteiger partial charge in [-0.25, -0.2) is 9.67 Å². The molecule has 1 fully saturated rings. The van der Waals surface area contributed by atoms with Crippen LogP contribution in [0.5, 0.6) is 0 Å². The molecule has 1 saturated heterocycles. The Morgan fingerprint density at radius 3 is 2.96 bits per heavy atom. The van der Waals surface area contributed by atoms with Gasteiger partial charge in [-0.1, -0.05) is 28.1 Å². The first-order valence-electron chi connectivity index (χ1n) is 8.89. The Labute approximate surface area is 169 Å². The van der Waals surface area contributed by atoms with Crippen molar-refractivity contribution in [1.29, 1.82) is 0 Å². The smallest absolute Gasteiger partial charge is 0.290 e. The van der Waals surface area contributed by atoms with E-state index >= 15 is 0 Å². The van der Waals surface area contributed by atoms with Crippen molar-refractivity contribution in [2.24, 2.45) is 0 Å². The molecule has 3 heterocycles. The third-order valence-electron chi connectivity index (χ3n) is 4.55. The van der Waals surface area contributed by atoms with E-state index < -0.39 is 6.04 Å². The van der Waals surface area contributed by atoms with E-state index in [0.717, 1.165) is 16.5 Å². The number of carbonyl (C=O) groups excluding carboxylic acids is 2. The van der Waals surface area contributed by atoms with Crippen LogP contribution in [0.1, 0.15) is 29.0 Å². The van der Waals surface area contributed by atoms with Crippen molar-refractivity contribution < 1.29 is 14.0 Å². The maximum absolute atomic E-state index is 12.7. The molecule has 8 nitrogen and oxygen atoms in total. The van der Waals surface area contributed by atoms with Gasteiger partial charge in [0.05, 0.1) is 12.8 Å². The summed E-state index contributed by atoms with van der Waals surface area (Å²) in [6.07, 6.45) is 4.36. The van der Waals surface area contributed by atoms with Crippen LogP contribution in [-0.2, 0) is 11.3 Å². The van der Waals surface area contributed by atoms with Gasteiger partial charge in [-0.3, -0.25) is 14.9 Å². The van der Waals surface area contributed by atoms with Crippen molar-refractivity contribution in [3.8, 4) is 0 Å². The van der Waals surface area contributed by atoms with Gasteiger partial charge in [0, 0.05) is 11.0 Å². The normalized spacial score (nSPS) is 16.3. The Kier molecular flexibility index (Phi) is 5.25. The Morgan fingerprint density at radius 1 is 1.29 bits per heavy atom. The summed E-state index contributed by atoms with van der Waals surface area (Å²) in [5, 5.41) is 7.02. The molecule has 0 radical (unpaired) electrons. The van der Waals surface area contributed by atoms with Crippen LogP contribution >= 0.6 is 15.9 Å². The number of hydrogen-bond donors (Lipinski definition) is 1. The number of carbonyl (C=O) groups is 2. The molecule has 1 aliphatic rings. The highest BCUT2D eigenvalue weighted by molar-refractivity contribution is 9.10. The molecule has 1 unspecified atom stereocenters. The molecule has 0 aliphatic carbocycles. The number of amides is 2. The quantitative estimate of drug-likeness (QED) is 0.653. The molecule has 2 aromatic heterocycles. The number of aromatic nitrogens is 3. The molecule has 28 heavy (non-hydrogen) atoms. The summed E-state index contributed by atoms with van der Waals surface area (Å²) in [6, 6.07) is 10.6. The summed E-state index contributed by atoms with van der Waals surface area (Å²) < 4.78 is 7.81. The van der Waals surface area contributed by atoms with Crippen molar-refractivity contribution in [1.82, 2.24) is 19.7 Å². The number of anilines is 1. The molecule has 3 aromatic rings. The van der Waals surface area contributed by atoms with Crippen LogP contribution in [0.3, 0.4) is 0 Å². The molecule has 1 N–H and O–H groups in total. The van der Waals surface area contributed by atoms with Gasteiger partial charge in [-0.2, -0.15) is 0 Å². The summed E-state index contributed by atoms with van der Waals surface area (Å²) in [4.78, 5) is 30.9. The number of benzene rings is 1. The monoisotopic (exact) mass is 443 g/mol. The van der Waals surface area contributed by atoms with Crippen LogP contribution in [0.25, 0.3) is 0 Å². The molecule has 0 bridgehead atoms. The van der Waals surface area contributed by atoms with Crippen molar-refractivity contribution in [3.63, 3.8) is 0 Å². The van der Waals surface area contributed by atoms with E-state index in [1.165, 1.54) is 11.2 Å². The first kappa shape index (κ1) is 18.4. The molecule has 1 aromatic carbocycles. The number of nitrogens with zero attached hydrogens (tertiary/aromatic N) is 4. The predicted molar refractivity (Wildman–Crippen MR) is 105 cm³/mol. The van der Waals surface area contributed by atoms with Crippen LogP contribution in [0.15, 0.2) is 57.9 Å². The molecule has 1 aliphatic heterocycles. The average Bonchev–Trinajstić information content (AvgIpc) is 3.43. The largest absolute Gasteiger partial charge is 0.459 e. The van der Waals surface area contributed by atoms with Crippen molar-refractivity contribution >= 4 is 33.7 Å². The van der Waals surface area contributed by atoms with Crippen molar-refractivity contribution in [3.05, 3.63) is 64.8 Å². The van der Waals surface area contributed by atoms with E-state index in [4.69, 9.17) is 4.42 Å². The Morgan fingerprint density at radius 2 is 2.18 bits per heavy atom. The van der Waals surface area contributed by atoms with Crippen LogP contribution in [-0.4, -0.2) is 44.1 Å². The number of likely N-dealkylation sites (tertiary alicyclic amines) is 1. The molecule has 9 heteroatoms. The molecule has 4 rings (SSSR count). The fourth-order valence-electron chi connectivity index (χ4n) is 3.27. The molecule has 0 saturated carbocycles. The lowest BCUT2D eigenvalue weighted by Gasteiger charge is -2.22. The van der Waals surface area contributed by atoms with E-state index in [9.17, 15) is 9.59 Å². The summed E-state index contributed by atoms with van der Waals surface area (Å²) >= 11 is 3.44. The zero-order chi connectivity index (χ0) is 19.5. The number of nitrogens with one attached hydrogen (secondary N) is 1. The second-order valence-corrected chi connectivity index (χ2v) is 7.43. The van der Waals surface area contributed by atoms with Gasteiger partial charge in [-0.15, -0.1) is 5.10 Å². The number of furan rings is 1. The van der Waals surface area contributed by atoms with Gasteiger partial charge in [0.2, 0.25) is 11.9 Å². The minimum atomic E-state index is -0.561. The summed E-state index contributed by atoms with van der Waals surface area (Å²) in [5.74, 6) is -0.123. The SMILES string of the molecule is O=C(Nc1ncn(Cc2cccc(Br)c2)n1)C1CCCN1C(=O)c1ccco1. The third-order valence-corrected chi connectivity index (χ3v) is 5.05. The van der Waals surface area contributed by atoms with Gasteiger partial charge in [0.1, 0.15) is 12.4 Å². The van der Waals surface area contributed by atoms with E-state index in [0.29, 0.717) is 19.5 Å². The van der Waals surface area contributed by atoms with Crippen LogP contribution in [0, 0.1) is 0 Å². The fraction of sp³-hybridized carbons (Fsp3) is 0.263. The lowest BCUT2D eigenvalue weighted by Crippen LogP contribution is -2.43. The van der Waals surface area contributed by atoms with Crippen molar-refractivity contribution in [2.75, 3.05) is 11.9 Å². The molecular weight excluding hydrogens is 426 g/mol. The zero-order valence-corrected chi connectivity index (χ0v) is 16.5. The first-order valence-corrected chi connectivity index (χ1v) is 9.69. The number of rotatable bonds is 5.